The van der Waals surface area contributed by atoms with Gasteiger partial charge < -0.3 is 4.90 Å². The molecular weight excluding hydrogens is 482 g/mol. The van der Waals surface area contributed by atoms with Gasteiger partial charge in [-0.25, -0.2) is 0 Å². The van der Waals surface area contributed by atoms with Gasteiger partial charge in [-0.2, -0.15) is 0 Å². The van der Waals surface area contributed by atoms with Crippen LogP contribution in [0.25, 0.3) is 39.1 Å². The van der Waals surface area contributed by atoms with Crippen LogP contribution in [-0.2, 0) is 6.42 Å². The summed E-state index contributed by atoms with van der Waals surface area (Å²) in [6.07, 6.45) is 6.79. The molecule has 0 aromatic heterocycles. The topological polar surface area (TPSA) is 3.24 Å². The van der Waals surface area contributed by atoms with E-state index < -0.39 is 0 Å². The van der Waals surface area contributed by atoms with E-state index in [1.807, 2.05) is 0 Å². The van der Waals surface area contributed by atoms with Gasteiger partial charge >= 0.3 is 0 Å². The van der Waals surface area contributed by atoms with Crippen LogP contribution in [0.15, 0.2) is 140 Å². The third kappa shape index (κ3) is 4.50. The lowest BCUT2D eigenvalue weighted by atomic mass is 9.89. The lowest BCUT2D eigenvalue weighted by Gasteiger charge is -2.30. The second-order valence-electron chi connectivity index (χ2n) is 10.6. The van der Waals surface area contributed by atoms with Crippen LogP contribution in [0.1, 0.15) is 23.1 Å². The van der Waals surface area contributed by atoms with Crippen LogP contribution in [-0.4, -0.2) is 0 Å². The van der Waals surface area contributed by atoms with Gasteiger partial charge in [-0.15, -0.1) is 0 Å². The summed E-state index contributed by atoms with van der Waals surface area (Å²) in [7, 11) is 0. The van der Waals surface area contributed by atoms with Gasteiger partial charge in [0.05, 0.1) is 5.69 Å². The SMILES string of the molecule is Cc1ccc(-c2ccc(-c3ccc(N(c4ccccc4)c4cc5ccccc5c5c4C=CCC5)cc3)cc2)cc1. The number of para-hydroxylation sites is 1. The van der Waals surface area contributed by atoms with Gasteiger partial charge in [0.1, 0.15) is 0 Å². The molecule has 1 nitrogen and oxygen atoms in total. The van der Waals surface area contributed by atoms with Crippen LogP contribution in [0.2, 0.25) is 0 Å². The summed E-state index contributed by atoms with van der Waals surface area (Å²) in [6, 6.07) is 48.5. The van der Waals surface area contributed by atoms with Gasteiger partial charge in [-0.1, -0.05) is 121 Å². The molecule has 6 aromatic rings. The minimum atomic E-state index is 1.07. The summed E-state index contributed by atoms with van der Waals surface area (Å²) in [5.74, 6) is 0. The monoisotopic (exact) mass is 513 g/mol. The first kappa shape index (κ1) is 24.2. The van der Waals surface area contributed by atoms with E-state index in [1.165, 1.54) is 55.4 Å². The molecule has 192 valence electrons. The van der Waals surface area contributed by atoms with Crippen molar-refractivity contribution in [3.63, 3.8) is 0 Å². The zero-order valence-corrected chi connectivity index (χ0v) is 22.7. The molecule has 0 aliphatic heterocycles. The molecule has 0 heterocycles. The van der Waals surface area contributed by atoms with E-state index >= 15 is 0 Å². The molecule has 0 spiro atoms. The van der Waals surface area contributed by atoms with E-state index in [0.29, 0.717) is 0 Å². The number of anilines is 3. The zero-order chi connectivity index (χ0) is 26.9. The maximum absolute atomic E-state index is 2.41. The average molecular weight is 514 g/mol. The molecule has 0 amide bonds. The Balaban J connectivity index is 1.29. The fourth-order valence-corrected chi connectivity index (χ4v) is 5.90. The van der Waals surface area contributed by atoms with E-state index in [0.717, 1.165) is 24.2 Å². The summed E-state index contributed by atoms with van der Waals surface area (Å²) in [5.41, 5.74) is 12.5. The van der Waals surface area contributed by atoms with Gasteiger partial charge in [0.2, 0.25) is 0 Å². The highest BCUT2D eigenvalue weighted by molar-refractivity contribution is 5.97. The molecule has 0 unspecified atom stereocenters. The molecule has 0 saturated heterocycles. The maximum atomic E-state index is 2.41. The first-order valence-corrected chi connectivity index (χ1v) is 14.1. The standard InChI is InChI=1S/C39H31N/c1-28-15-17-29(18-16-28)30-19-21-31(22-20-30)32-23-25-35(26-24-32)40(34-10-3-2-4-11-34)39-27-33-9-5-6-12-36(33)37-13-7-8-14-38(37)39/h2-6,8-12,14-27H,7,13H2,1H3. The Hall–Kier alpha value is -4.88. The molecule has 1 aliphatic rings. The van der Waals surface area contributed by atoms with Crippen molar-refractivity contribution in [3.8, 4) is 22.3 Å². The highest BCUT2D eigenvalue weighted by Gasteiger charge is 2.20. The van der Waals surface area contributed by atoms with Gasteiger partial charge in [0.25, 0.3) is 0 Å². The molecule has 6 aromatic carbocycles. The first-order valence-electron chi connectivity index (χ1n) is 14.1. The highest BCUT2D eigenvalue weighted by Crippen LogP contribution is 2.43. The number of allylic oxidation sites excluding steroid dienone is 1. The Kier molecular flexibility index (Phi) is 6.26. The number of rotatable bonds is 5. The first-order chi connectivity index (χ1) is 19.7. The molecule has 0 atom stereocenters. The van der Waals surface area contributed by atoms with E-state index in [-0.39, 0.29) is 0 Å². The van der Waals surface area contributed by atoms with Crippen LogP contribution < -0.4 is 4.90 Å². The van der Waals surface area contributed by atoms with E-state index in [1.54, 1.807) is 0 Å². The number of nitrogens with zero attached hydrogens (tertiary/aromatic N) is 1. The number of benzene rings is 6. The number of hydrogen-bond donors (Lipinski definition) is 0. The van der Waals surface area contributed by atoms with E-state index in [2.05, 4.69) is 157 Å². The Morgan fingerprint density at radius 2 is 1.10 bits per heavy atom. The van der Waals surface area contributed by atoms with E-state index in [9.17, 15) is 0 Å². The lowest BCUT2D eigenvalue weighted by molar-refractivity contribution is 0.995. The zero-order valence-electron chi connectivity index (χ0n) is 22.7. The summed E-state index contributed by atoms with van der Waals surface area (Å²) in [4.78, 5) is 2.41. The van der Waals surface area contributed by atoms with E-state index in [4.69, 9.17) is 0 Å². The molecule has 0 fully saturated rings. The molecule has 0 N–H and O–H groups in total. The van der Waals surface area contributed by atoms with Crippen molar-refractivity contribution < 1.29 is 0 Å². The molecule has 1 heteroatoms. The van der Waals surface area contributed by atoms with Crippen molar-refractivity contribution in [1.82, 2.24) is 0 Å². The van der Waals surface area contributed by atoms with Crippen LogP contribution in [0.5, 0.6) is 0 Å². The largest absolute Gasteiger partial charge is 0.310 e. The molecular formula is C39H31N. The van der Waals surface area contributed by atoms with Crippen molar-refractivity contribution >= 4 is 33.9 Å². The Labute approximate surface area is 236 Å². The lowest BCUT2D eigenvalue weighted by Crippen LogP contribution is -2.13. The number of hydrogen-bond acceptors (Lipinski definition) is 1. The van der Waals surface area contributed by atoms with Crippen LogP contribution in [0.3, 0.4) is 0 Å². The molecule has 1 aliphatic carbocycles. The molecule has 0 bridgehead atoms. The highest BCUT2D eigenvalue weighted by atomic mass is 15.1. The minimum absolute atomic E-state index is 1.07. The van der Waals surface area contributed by atoms with Crippen LogP contribution in [0, 0.1) is 6.92 Å². The fourth-order valence-electron chi connectivity index (χ4n) is 5.90. The van der Waals surface area contributed by atoms with Crippen molar-refractivity contribution in [2.24, 2.45) is 0 Å². The summed E-state index contributed by atoms with van der Waals surface area (Å²) in [6.45, 7) is 2.13. The quantitative estimate of drug-likeness (QED) is 0.222. The fraction of sp³-hybridized carbons (Fsp3) is 0.0769. The van der Waals surface area contributed by atoms with Crippen LogP contribution in [0.4, 0.5) is 17.1 Å². The summed E-state index contributed by atoms with van der Waals surface area (Å²) in [5, 5.41) is 2.65. The Bertz CT molecular complexity index is 1810. The third-order valence-corrected chi connectivity index (χ3v) is 8.01. The van der Waals surface area contributed by atoms with Crippen molar-refractivity contribution in [1.29, 1.82) is 0 Å². The van der Waals surface area contributed by atoms with Gasteiger partial charge in [-0.05, 0) is 88.7 Å². The van der Waals surface area contributed by atoms with Gasteiger partial charge in [0, 0.05) is 16.9 Å². The predicted octanol–water partition coefficient (Wildman–Crippen LogP) is 10.9. The summed E-state index contributed by atoms with van der Waals surface area (Å²) >= 11 is 0. The maximum Gasteiger partial charge on any atom is 0.0543 e. The van der Waals surface area contributed by atoms with Crippen LogP contribution >= 0.6 is 0 Å². The Morgan fingerprint density at radius 1 is 0.550 bits per heavy atom. The molecule has 40 heavy (non-hydrogen) atoms. The predicted molar refractivity (Wildman–Crippen MR) is 172 cm³/mol. The van der Waals surface area contributed by atoms with Gasteiger partial charge in [0.15, 0.2) is 0 Å². The molecule has 7 rings (SSSR count). The average Bonchev–Trinajstić information content (AvgIpc) is 3.03. The summed E-state index contributed by atoms with van der Waals surface area (Å²) < 4.78 is 0. The van der Waals surface area contributed by atoms with Crippen molar-refractivity contribution in [2.75, 3.05) is 4.90 Å². The smallest absolute Gasteiger partial charge is 0.0543 e. The normalized spacial score (nSPS) is 12.3. The second kappa shape index (κ2) is 10.4. The minimum Gasteiger partial charge on any atom is -0.310 e. The van der Waals surface area contributed by atoms with Crippen molar-refractivity contribution in [2.45, 2.75) is 19.8 Å². The molecule has 0 saturated carbocycles. The molecule has 0 radical (unpaired) electrons. The van der Waals surface area contributed by atoms with Gasteiger partial charge in [-0.3, -0.25) is 0 Å². The number of fused-ring (bicyclic) bond motifs is 3. The second-order valence-corrected chi connectivity index (χ2v) is 10.6. The number of aryl methyl sites for hydroxylation is 2. The Morgan fingerprint density at radius 3 is 1.77 bits per heavy atom. The van der Waals surface area contributed by atoms with Crippen molar-refractivity contribution in [3.05, 3.63) is 156 Å². The third-order valence-electron chi connectivity index (χ3n) is 8.01.